The van der Waals surface area contributed by atoms with Gasteiger partial charge in [-0.3, -0.25) is 9.48 Å². The van der Waals surface area contributed by atoms with Gasteiger partial charge in [0.2, 0.25) is 0 Å². The average Bonchev–Trinajstić information content (AvgIpc) is 2.87. The topological polar surface area (TPSA) is 60.7 Å². The number of aromatic nitrogens is 4. The van der Waals surface area contributed by atoms with Crippen LogP contribution >= 0.6 is 11.5 Å². The van der Waals surface area contributed by atoms with Crippen LogP contribution in [0.15, 0.2) is 11.4 Å². The summed E-state index contributed by atoms with van der Waals surface area (Å²) in [5, 5.41) is 9.73. The molecule has 5 nitrogen and oxygen atoms in total. The molecule has 0 atom stereocenters. The van der Waals surface area contributed by atoms with E-state index in [4.69, 9.17) is 0 Å². The van der Waals surface area contributed by atoms with Gasteiger partial charge in [-0.05, 0) is 31.4 Å². The van der Waals surface area contributed by atoms with Crippen LogP contribution in [0, 0.1) is 6.92 Å². The molecule has 2 aromatic rings. The van der Waals surface area contributed by atoms with Gasteiger partial charge in [-0.1, -0.05) is 4.49 Å². The molecule has 2 heterocycles. The number of nitrogens with zero attached hydrogens (tertiary/aromatic N) is 4. The molecule has 0 N–H and O–H groups in total. The lowest BCUT2D eigenvalue weighted by Gasteiger charge is -2.01. The minimum absolute atomic E-state index is 0.0108. The molecule has 0 aliphatic heterocycles. The molecule has 0 aromatic carbocycles. The van der Waals surface area contributed by atoms with Crippen molar-refractivity contribution in [3.8, 4) is 0 Å². The van der Waals surface area contributed by atoms with Crippen molar-refractivity contribution in [2.45, 2.75) is 26.8 Å². The maximum Gasteiger partial charge on any atom is 0.189 e. The highest BCUT2D eigenvalue weighted by Crippen LogP contribution is 2.08. The molecule has 0 radical (unpaired) electrons. The highest BCUT2D eigenvalue weighted by Gasteiger charge is 2.13. The molecular formula is C10H12N4OS. The fourth-order valence-electron chi connectivity index (χ4n) is 1.56. The third-order valence-electron chi connectivity index (χ3n) is 2.27. The first kappa shape index (κ1) is 10.9. The van der Waals surface area contributed by atoms with E-state index in [-0.39, 0.29) is 5.78 Å². The zero-order valence-corrected chi connectivity index (χ0v) is 9.99. The SMILES string of the molecule is CCn1nc(C)cc1CC(=O)c1csnn1. The first-order chi connectivity index (χ1) is 7.70. The Kier molecular flexibility index (Phi) is 3.09. The second-order valence-corrected chi connectivity index (χ2v) is 4.09. The van der Waals surface area contributed by atoms with E-state index >= 15 is 0 Å². The summed E-state index contributed by atoms with van der Waals surface area (Å²) >= 11 is 1.19. The van der Waals surface area contributed by atoms with Crippen molar-refractivity contribution in [2.24, 2.45) is 0 Å². The van der Waals surface area contributed by atoms with Gasteiger partial charge in [-0.25, -0.2) is 0 Å². The zero-order chi connectivity index (χ0) is 11.5. The Labute approximate surface area is 97.3 Å². The van der Waals surface area contributed by atoms with E-state index in [9.17, 15) is 4.79 Å². The van der Waals surface area contributed by atoms with E-state index in [1.165, 1.54) is 11.5 Å². The molecule has 0 amide bonds. The van der Waals surface area contributed by atoms with Crippen LogP contribution in [0.25, 0.3) is 0 Å². The van der Waals surface area contributed by atoms with Crippen LogP contribution in [0.1, 0.15) is 28.8 Å². The number of rotatable bonds is 4. The van der Waals surface area contributed by atoms with E-state index in [2.05, 4.69) is 14.7 Å². The summed E-state index contributed by atoms with van der Waals surface area (Å²) in [5.74, 6) is -0.0108. The fourth-order valence-corrected chi connectivity index (χ4v) is 2.02. The number of hydrogen-bond acceptors (Lipinski definition) is 5. The molecule has 0 bridgehead atoms. The van der Waals surface area contributed by atoms with E-state index in [1.807, 2.05) is 24.6 Å². The van der Waals surface area contributed by atoms with Crippen molar-refractivity contribution in [1.82, 2.24) is 19.4 Å². The summed E-state index contributed by atoms with van der Waals surface area (Å²) < 4.78 is 5.52. The Balaban J connectivity index is 2.17. The highest BCUT2D eigenvalue weighted by atomic mass is 32.1. The van der Waals surface area contributed by atoms with Gasteiger partial charge in [-0.2, -0.15) is 5.10 Å². The summed E-state index contributed by atoms with van der Waals surface area (Å²) in [5.41, 5.74) is 2.30. The van der Waals surface area contributed by atoms with Gasteiger partial charge in [-0.15, -0.1) is 5.10 Å². The van der Waals surface area contributed by atoms with E-state index in [0.29, 0.717) is 12.1 Å². The van der Waals surface area contributed by atoms with Crippen LogP contribution in [0.3, 0.4) is 0 Å². The van der Waals surface area contributed by atoms with Crippen molar-refractivity contribution in [3.05, 3.63) is 28.5 Å². The molecule has 2 aromatic heterocycles. The standard InChI is InChI=1S/C10H12N4OS/c1-3-14-8(4-7(2)12-14)5-10(15)9-6-16-13-11-9/h4,6H,3,5H2,1-2H3. The Morgan fingerprint density at radius 1 is 1.56 bits per heavy atom. The first-order valence-corrected chi connectivity index (χ1v) is 5.88. The molecule has 0 unspecified atom stereocenters. The quantitative estimate of drug-likeness (QED) is 0.754. The van der Waals surface area contributed by atoms with Crippen LogP contribution in [-0.4, -0.2) is 25.2 Å². The number of ketones is 1. The number of Topliss-reactive ketones (excluding diaryl/α,β-unsaturated/α-hetero) is 1. The minimum atomic E-state index is -0.0108. The number of carbonyl (C=O) groups excluding carboxylic acids is 1. The largest absolute Gasteiger partial charge is 0.292 e. The third-order valence-corrected chi connectivity index (χ3v) is 2.78. The molecule has 0 aliphatic carbocycles. The second-order valence-electron chi connectivity index (χ2n) is 3.48. The number of aryl methyl sites for hydroxylation is 2. The van der Waals surface area contributed by atoms with E-state index < -0.39 is 0 Å². The van der Waals surface area contributed by atoms with Gasteiger partial charge in [0.05, 0.1) is 12.1 Å². The first-order valence-electron chi connectivity index (χ1n) is 5.04. The lowest BCUT2D eigenvalue weighted by molar-refractivity contribution is 0.0986. The highest BCUT2D eigenvalue weighted by molar-refractivity contribution is 7.03. The summed E-state index contributed by atoms with van der Waals surface area (Å²) in [6.07, 6.45) is 0.333. The summed E-state index contributed by atoms with van der Waals surface area (Å²) in [6.45, 7) is 4.70. The van der Waals surface area contributed by atoms with Crippen molar-refractivity contribution in [2.75, 3.05) is 0 Å². The monoisotopic (exact) mass is 236 g/mol. The van der Waals surface area contributed by atoms with Gasteiger partial charge < -0.3 is 0 Å². The molecule has 0 aliphatic rings. The summed E-state index contributed by atoms with van der Waals surface area (Å²) in [6, 6.07) is 1.93. The van der Waals surface area contributed by atoms with Crippen molar-refractivity contribution in [3.63, 3.8) is 0 Å². The van der Waals surface area contributed by atoms with E-state index in [0.717, 1.165) is 17.9 Å². The maximum absolute atomic E-state index is 11.8. The number of hydrogen-bond donors (Lipinski definition) is 0. The van der Waals surface area contributed by atoms with Gasteiger partial charge in [0.1, 0.15) is 5.69 Å². The fraction of sp³-hybridized carbons (Fsp3) is 0.400. The van der Waals surface area contributed by atoms with E-state index in [1.54, 1.807) is 5.38 Å². The van der Waals surface area contributed by atoms with Crippen LogP contribution in [0.4, 0.5) is 0 Å². The zero-order valence-electron chi connectivity index (χ0n) is 9.17. The summed E-state index contributed by atoms with van der Waals surface area (Å²) in [4.78, 5) is 11.8. The Bertz CT molecular complexity index is 489. The molecule has 0 spiro atoms. The van der Waals surface area contributed by atoms with Crippen molar-refractivity contribution >= 4 is 17.3 Å². The Morgan fingerprint density at radius 3 is 3.00 bits per heavy atom. The lowest BCUT2D eigenvalue weighted by atomic mass is 10.2. The predicted molar refractivity (Wildman–Crippen MR) is 60.6 cm³/mol. The molecular weight excluding hydrogens is 224 g/mol. The molecule has 6 heteroatoms. The van der Waals surface area contributed by atoms with Crippen LogP contribution in [0.5, 0.6) is 0 Å². The van der Waals surface area contributed by atoms with Crippen LogP contribution < -0.4 is 0 Å². The van der Waals surface area contributed by atoms with Crippen LogP contribution in [-0.2, 0) is 13.0 Å². The van der Waals surface area contributed by atoms with Crippen molar-refractivity contribution < 1.29 is 4.79 Å². The summed E-state index contributed by atoms with van der Waals surface area (Å²) in [7, 11) is 0. The molecule has 0 saturated heterocycles. The Hall–Kier alpha value is -1.56. The molecule has 0 fully saturated rings. The smallest absolute Gasteiger partial charge is 0.189 e. The number of carbonyl (C=O) groups is 1. The van der Waals surface area contributed by atoms with Gasteiger partial charge >= 0.3 is 0 Å². The van der Waals surface area contributed by atoms with Gasteiger partial charge in [0, 0.05) is 17.6 Å². The second kappa shape index (κ2) is 4.52. The van der Waals surface area contributed by atoms with Crippen LogP contribution in [0.2, 0.25) is 0 Å². The molecule has 2 rings (SSSR count). The van der Waals surface area contributed by atoms with Gasteiger partial charge in [0.15, 0.2) is 5.78 Å². The normalized spacial score (nSPS) is 10.6. The predicted octanol–water partition coefficient (Wildman–Crippen LogP) is 1.49. The Morgan fingerprint density at radius 2 is 2.38 bits per heavy atom. The molecule has 84 valence electrons. The average molecular weight is 236 g/mol. The molecule has 16 heavy (non-hydrogen) atoms. The molecule has 0 saturated carbocycles. The minimum Gasteiger partial charge on any atom is -0.292 e. The van der Waals surface area contributed by atoms with Gasteiger partial charge in [0.25, 0.3) is 0 Å². The maximum atomic E-state index is 11.8. The van der Waals surface area contributed by atoms with Crippen molar-refractivity contribution in [1.29, 1.82) is 0 Å². The third kappa shape index (κ3) is 2.16. The lowest BCUT2D eigenvalue weighted by Crippen LogP contribution is -2.10.